The van der Waals surface area contributed by atoms with Crippen LogP contribution in [0.3, 0.4) is 0 Å². The molecule has 28 heavy (non-hydrogen) atoms. The van der Waals surface area contributed by atoms with Gasteiger partial charge in [-0.05, 0) is 50.0 Å². The predicted molar refractivity (Wildman–Crippen MR) is 111 cm³/mol. The normalized spacial score (nSPS) is 16.7. The van der Waals surface area contributed by atoms with Gasteiger partial charge in [0.15, 0.2) is 0 Å². The van der Waals surface area contributed by atoms with Gasteiger partial charge < -0.3 is 4.98 Å². The summed E-state index contributed by atoms with van der Waals surface area (Å²) >= 11 is 0. The molecule has 1 saturated heterocycles. The molecule has 148 valence electrons. The Kier molecular flexibility index (Phi) is 5.06. The minimum absolute atomic E-state index is 0.00212. The van der Waals surface area contributed by atoms with Crippen LogP contribution in [0.2, 0.25) is 0 Å². The number of hydrogen-bond donors (Lipinski definition) is 1. The van der Waals surface area contributed by atoms with E-state index in [9.17, 15) is 4.79 Å². The van der Waals surface area contributed by atoms with Gasteiger partial charge in [0.25, 0.3) is 5.56 Å². The third-order valence-electron chi connectivity index (χ3n) is 5.59. The van der Waals surface area contributed by atoms with Gasteiger partial charge >= 0.3 is 0 Å². The summed E-state index contributed by atoms with van der Waals surface area (Å²) in [7, 11) is 0. The smallest absolute Gasteiger partial charge is 0.266 e. The van der Waals surface area contributed by atoms with Crippen molar-refractivity contribution >= 4 is 11.0 Å². The van der Waals surface area contributed by atoms with Crippen LogP contribution >= 0.6 is 0 Å². The first-order valence-electron chi connectivity index (χ1n) is 10.1. The summed E-state index contributed by atoms with van der Waals surface area (Å²) in [6.07, 6.45) is 2.15. The molecule has 6 nitrogen and oxygen atoms in total. The average Bonchev–Trinajstić information content (AvgIpc) is 3.06. The van der Waals surface area contributed by atoms with E-state index in [-0.39, 0.29) is 11.0 Å². The number of para-hydroxylation sites is 2. The number of rotatable bonds is 4. The second-order valence-electron chi connectivity index (χ2n) is 8.91. The Labute approximate surface area is 165 Å². The Morgan fingerprint density at radius 1 is 1.11 bits per heavy atom. The number of imidazole rings is 1. The monoisotopic (exact) mass is 379 g/mol. The molecule has 1 fully saturated rings. The van der Waals surface area contributed by atoms with Crippen LogP contribution in [0, 0.1) is 5.92 Å². The molecule has 0 amide bonds. The van der Waals surface area contributed by atoms with Gasteiger partial charge in [0.05, 0.1) is 23.3 Å². The molecule has 0 spiro atoms. The Morgan fingerprint density at radius 2 is 1.86 bits per heavy atom. The standard InChI is InChI=1S/C22H29N5O/c1-22(2,3)19-8-9-21(28)27(25-19)14-16-10-12-26(13-11-16)15-20-23-17-6-4-5-7-18(17)24-20/h4-9,16H,10-15H2,1-3H3,(H,23,24). The number of aromatic amines is 1. The summed E-state index contributed by atoms with van der Waals surface area (Å²) in [5, 5.41) is 4.62. The van der Waals surface area contributed by atoms with E-state index >= 15 is 0 Å². The molecule has 1 N–H and O–H groups in total. The molecule has 4 rings (SSSR count). The molecule has 3 aromatic rings. The Morgan fingerprint density at radius 3 is 2.57 bits per heavy atom. The zero-order valence-electron chi connectivity index (χ0n) is 17.0. The second-order valence-corrected chi connectivity index (χ2v) is 8.91. The fourth-order valence-corrected chi connectivity index (χ4v) is 3.84. The molecular formula is C22H29N5O. The number of aromatic nitrogens is 4. The van der Waals surface area contributed by atoms with Gasteiger partial charge in [-0.15, -0.1) is 0 Å². The molecule has 1 aromatic carbocycles. The quantitative estimate of drug-likeness (QED) is 0.755. The molecular weight excluding hydrogens is 350 g/mol. The summed E-state index contributed by atoms with van der Waals surface area (Å²) in [5.74, 6) is 1.52. The predicted octanol–water partition coefficient (Wildman–Crippen LogP) is 3.33. The van der Waals surface area contributed by atoms with Crippen molar-refractivity contribution < 1.29 is 0 Å². The van der Waals surface area contributed by atoms with Crippen molar-refractivity contribution in [3.05, 3.63) is 58.3 Å². The van der Waals surface area contributed by atoms with Gasteiger partial charge in [0.2, 0.25) is 0 Å². The van der Waals surface area contributed by atoms with Crippen LogP contribution in [-0.2, 0) is 18.5 Å². The molecule has 6 heteroatoms. The third-order valence-corrected chi connectivity index (χ3v) is 5.59. The number of fused-ring (bicyclic) bond motifs is 1. The number of H-pyrrole nitrogens is 1. The second kappa shape index (κ2) is 7.51. The van der Waals surface area contributed by atoms with Crippen molar-refractivity contribution in [2.45, 2.75) is 52.1 Å². The van der Waals surface area contributed by atoms with Gasteiger partial charge in [-0.3, -0.25) is 9.69 Å². The molecule has 0 unspecified atom stereocenters. The third kappa shape index (κ3) is 4.17. The van der Waals surface area contributed by atoms with Crippen LogP contribution in [0.15, 0.2) is 41.2 Å². The first-order valence-corrected chi connectivity index (χ1v) is 10.1. The number of hydrogen-bond acceptors (Lipinski definition) is 4. The van der Waals surface area contributed by atoms with Crippen molar-refractivity contribution in [2.75, 3.05) is 13.1 Å². The highest BCUT2D eigenvalue weighted by Crippen LogP contribution is 2.22. The van der Waals surface area contributed by atoms with E-state index in [2.05, 4.69) is 46.8 Å². The largest absolute Gasteiger partial charge is 0.341 e. The lowest BCUT2D eigenvalue weighted by Gasteiger charge is -2.31. The van der Waals surface area contributed by atoms with Gasteiger partial charge in [0.1, 0.15) is 5.82 Å². The number of benzene rings is 1. The minimum atomic E-state index is -0.0502. The lowest BCUT2D eigenvalue weighted by atomic mass is 9.92. The first-order chi connectivity index (χ1) is 13.4. The lowest BCUT2D eigenvalue weighted by Crippen LogP contribution is -2.37. The van der Waals surface area contributed by atoms with Crippen molar-refractivity contribution in [3.63, 3.8) is 0 Å². The van der Waals surface area contributed by atoms with E-state index in [0.717, 1.165) is 55.0 Å². The SMILES string of the molecule is CC(C)(C)c1ccc(=O)n(CC2CCN(Cc3nc4ccccc4[nH]3)CC2)n1. The van der Waals surface area contributed by atoms with Crippen LogP contribution in [-0.4, -0.2) is 37.7 Å². The van der Waals surface area contributed by atoms with E-state index in [1.54, 1.807) is 10.7 Å². The molecule has 0 bridgehead atoms. The zero-order chi connectivity index (χ0) is 19.7. The first kappa shape index (κ1) is 18.9. The summed E-state index contributed by atoms with van der Waals surface area (Å²) in [6.45, 7) is 9.98. The molecule has 0 atom stereocenters. The highest BCUT2D eigenvalue weighted by Gasteiger charge is 2.22. The maximum Gasteiger partial charge on any atom is 0.266 e. The molecule has 3 heterocycles. The summed E-state index contributed by atoms with van der Waals surface area (Å²) in [6, 6.07) is 11.7. The molecule has 0 radical (unpaired) electrons. The van der Waals surface area contributed by atoms with Crippen LogP contribution in [0.1, 0.15) is 45.1 Å². The number of piperidine rings is 1. The van der Waals surface area contributed by atoms with E-state index in [1.165, 1.54) is 0 Å². The highest BCUT2D eigenvalue weighted by atomic mass is 16.1. The van der Waals surface area contributed by atoms with Crippen LogP contribution in [0.4, 0.5) is 0 Å². The Bertz CT molecular complexity index is 972. The zero-order valence-corrected chi connectivity index (χ0v) is 17.0. The van der Waals surface area contributed by atoms with Gasteiger partial charge in [-0.1, -0.05) is 32.9 Å². The Balaban J connectivity index is 1.36. The highest BCUT2D eigenvalue weighted by molar-refractivity contribution is 5.74. The number of likely N-dealkylation sites (tertiary alicyclic amines) is 1. The van der Waals surface area contributed by atoms with Gasteiger partial charge in [-0.25, -0.2) is 9.67 Å². The Hall–Kier alpha value is -2.47. The molecule has 1 aliphatic rings. The van der Waals surface area contributed by atoms with E-state index in [4.69, 9.17) is 0 Å². The molecule has 0 saturated carbocycles. The summed E-state index contributed by atoms with van der Waals surface area (Å²) in [4.78, 5) is 22.8. The maximum atomic E-state index is 12.2. The maximum absolute atomic E-state index is 12.2. The van der Waals surface area contributed by atoms with E-state index in [1.807, 2.05) is 24.3 Å². The number of nitrogens with zero attached hydrogens (tertiary/aromatic N) is 4. The van der Waals surface area contributed by atoms with Crippen molar-refractivity contribution in [1.82, 2.24) is 24.6 Å². The fourth-order valence-electron chi connectivity index (χ4n) is 3.84. The molecule has 0 aliphatic carbocycles. The minimum Gasteiger partial charge on any atom is -0.341 e. The van der Waals surface area contributed by atoms with Crippen molar-refractivity contribution in [2.24, 2.45) is 5.92 Å². The van der Waals surface area contributed by atoms with Crippen LogP contribution < -0.4 is 5.56 Å². The lowest BCUT2D eigenvalue weighted by molar-refractivity contribution is 0.160. The summed E-state index contributed by atoms with van der Waals surface area (Å²) in [5.41, 5.74) is 3.03. The van der Waals surface area contributed by atoms with Crippen molar-refractivity contribution in [3.8, 4) is 0 Å². The van der Waals surface area contributed by atoms with Gasteiger partial charge in [-0.2, -0.15) is 5.10 Å². The fraction of sp³-hybridized carbons (Fsp3) is 0.500. The average molecular weight is 380 g/mol. The molecule has 2 aromatic heterocycles. The van der Waals surface area contributed by atoms with Crippen LogP contribution in [0.5, 0.6) is 0 Å². The van der Waals surface area contributed by atoms with Crippen molar-refractivity contribution in [1.29, 1.82) is 0 Å². The summed E-state index contributed by atoms with van der Waals surface area (Å²) < 4.78 is 1.67. The van der Waals surface area contributed by atoms with Gasteiger partial charge in [0, 0.05) is 18.0 Å². The topological polar surface area (TPSA) is 66.8 Å². The van der Waals surface area contributed by atoms with E-state index in [0.29, 0.717) is 12.5 Å². The van der Waals surface area contributed by atoms with Crippen LogP contribution in [0.25, 0.3) is 11.0 Å². The van der Waals surface area contributed by atoms with E-state index < -0.39 is 0 Å². The number of nitrogens with one attached hydrogen (secondary N) is 1. The molecule has 1 aliphatic heterocycles.